The van der Waals surface area contributed by atoms with Crippen molar-refractivity contribution in [2.24, 2.45) is 17.3 Å². The van der Waals surface area contributed by atoms with Gasteiger partial charge in [0.05, 0.1) is 13.7 Å². The predicted molar refractivity (Wildman–Crippen MR) is 169 cm³/mol. The summed E-state index contributed by atoms with van der Waals surface area (Å²) in [6, 6.07) is 6.29. The second kappa shape index (κ2) is 14.6. The lowest BCUT2D eigenvalue weighted by Gasteiger charge is -2.35. The number of carbonyl (C=O) groups excluding carboxylic acids is 5. The molecule has 0 bridgehead atoms. The maximum atomic E-state index is 14.3. The lowest BCUT2D eigenvalue weighted by molar-refractivity contribution is -0.147. The Bertz CT molecular complexity index is 1310. The number of carbonyl (C=O) groups is 5. The third-order valence-electron chi connectivity index (χ3n) is 9.02. The Labute approximate surface area is 271 Å². The molecule has 4 rings (SSSR count). The molecule has 2 fully saturated rings. The number of hydrogen-bond acceptors (Lipinski definition) is 8. The average Bonchev–Trinajstić information content (AvgIpc) is 3.31. The van der Waals surface area contributed by atoms with Gasteiger partial charge in [-0.05, 0) is 62.8 Å². The quantitative estimate of drug-likeness (QED) is 0.288. The normalized spacial score (nSPS) is 26.7. The van der Waals surface area contributed by atoms with Crippen LogP contribution in [0.1, 0.15) is 65.9 Å². The molecule has 2 aliphatic heterocycles. The van der Waals surface area contributed by atoms with Crippen LogP contribution in [0.15, 0.2) is 42.5 Å². The first-order valence-corrected chi connectivity index (χ1v) is 16.0. The number of nitrogens with zero attached hydrogens (tertiary/aromatic N) is 2. The van der Waals surface area contributed by atoms with Crippen LogP contribution in [0.25, 0.3) is 0 Å². The van der Waals surface area contributed by atoms with Crippen LogP contribution in [-0.4, -0.2) is 90.2 Å². The van der Waals surface area contributed by atoms with E-state index < -0.39 is 53.7 Å². The first-order chi connectivity index (χ1) is 21.7. The predicted octanol–water partition coefficient (Wildman–Crippen LogP) is 3.79. The van der Waals surface area contributed by atoms with E-state index in [1.54, 1.807) is 20.8 Å². The summed E-state index contributed by atoms with van der Waals surface area (Å²) in [7, 11) is 1.28. The van der Waals surface area contributed by atoms with Crippen LogP contribution in [0, 0.1) is 17.3 Å². The summed E-state index contributed by atoms with van der Waals surface area (Å²) >= 11 is 0. The van der Waals surface area contributed by atoms with Crippen molar-refractivity contribution in [3.05, 3.63) is 48.0 Å². The molecule has 1 aromatic carbocycles. The summed E-state index contributed by atoms with van der Waals surface area (Å²) in [5.74, 6) is -1.58. The fourth-order valence-electron chi connectivity index (χ4n) is 6.48. The van der Waals surface area contributed by atoms with Gasteiger partial charge >= 0.3 is 18.2 Å². The molecule has 2 heterocycles. The van der Waals surface area contributed by atoms with Crippen LogP contribution in [0.4, 0.5) is 9.59 Å². The number of rotatable bonds is 4. The number of fused-ring (bicyclic) bond motifs is 3. The van der Waals surface area contributed by atoms with Crippen molar-refractivity contribution >= 4 is 30.0 Å². The topological polar surface area (TPSA) is 144 Å². The highest BCUT2D eigenvalue weighted by atomic mass is 16.6. The molecule has 4 amide bonds. The first kappa shape index (κ1) is 34.8. The number of benzene rings is 1. The maximum Gasteiger partial charge on any atom is 0.410 e. The molecule has 0 spiro atoms. The van der Waals surface area contributed by atoms with Crippen LogP contribution in [0.5, 0.6) is 0 Å². The molecular weight excluding hydrogens is 592 g/mol. The number of hydrogen-bond donors (Lipinski definition) is 2. The summed E-state index contributed by atoms with van der Waals surface area (Å²) in [4.78, 5) is 70.1. The van der Waals surface area contributed by atoms with Crippen molar-refractivity contribution < 1.29 is 38.2 Å². The molecule has 5 atom stereocenters. The highest BCUT2D eigenvalue weighted by Gasteiger charge is 2.69. The Morgan fingerprint density at radius 1 is 1.04 bits per heavy atom. The lowest BCUT2D eigenvalue weighted by Crippen LogP contribution is -2.60. The van der Waals surface area contributed by atoms with E-state index in [1.165, 1.54) is 16.9 Å². The van der Waals surface area contributed by atoms with E-state index in [9.17, 15) is 24.0 Å². The molecule has 1 aromatic rings. The van der Waals surface area contributed by atoms with Gasteiger partial charge in [-0.15, -0.1) is 0 Å². The highest BCUT2D eigenvalue weighted by Crippen LogP contribution is 2.64. The number of piperidine rings is 1. The second-order valence-corrected chi connectivity index (χ2v) is 13.9. The van der Waals surface area contributed by atoms with Crippen LogP contribution < -0.4 is 10.6 Å². The fourth-order valence-corrected chi connectivity index (χ4v) is 6.48. The standard InChI is InChI=1S/C34H48N4O8/c1-33(2,3)46-31(42)36-25-20-37(32(43)45-21-22-15-11-10-12-16-22)18-14-9-7-8-13-17-24(30(41)44-6)35-28(39)27-26-23(34(26,4)5)19-38(27)29(25)40/h9-12,14-16,23-27H,7-8,13,17-21H2,1-6H3,(H,35,39)(H,36,42)/t23-,24-,25-,26-,27-/m0/s1. The molecule has 46 heavy (non-hydrogen) atoms. The van der Waals surface area contributed by atoms with Gasteiger partial charge in [-0.1, -0.05) is 62.8 Å². The monoisotopic (exact) mass is 640 g/mol. The third-order valence-corrected chi connectivity index (χ3v) is 9.02. The number of alkyl carbamates (subject to hydrolysis) is 1. The van der Waals surface area contributed by atoms with Crippen molar-refractivity contribution in [1.29, 1.82) is 0 Å². The Morgan fingerprint density at radius 3 is 2.43 bits per heavy atom. The molecule has 2 N–H and O–H groups in total. The minimum atomic E-state index is -1.24. The molecule has 1 aliphatic carbocycles. The molecular formula is C34H48N4O8. The van der Waals surface area contributed by atoms with Gasteiger partial charge in [0.2, 0.25) is 11.8 Å². The van der Waals surface area contributed by atoms with E-state index in [4.69, 9.17) is 14.2 Å². The lowest BCUT2D eigenvalue weighted by atomic mass is 9.99. The van der Waals surface area contributed by atoms with E-state index in [-0.39, 0.29) is 36.9 Å². The Hall–Kier alpha value is -4.09. The number of methoxy groups -OCH3 is 1. The van der Waals surface area contributed by atoms with Crippen molar-refractivity contribution in [3.63, 3.8) is 0 Å². The van der Waals surface area contributed by atoms with Crippen molar-refractivity contribution in [3.8, 4) is 0 Å². The Morgan fingerprint density at radius 2 is 1.76 bits per heavy atom. The van der Waals surface area contributed by atoms with Crippen LogP contribution >= 0.6 is 0 Å². The van der Waals surface area contributed by atoms with E-state index >= 15 is 0 Å². The van der Waals surface area contributed by atoms with E-state index in [0.29, 0.717) is 25.8 Å². The first-order valence-electron chi connectivity index (χ1n) is 16.0. The number of allylic oxidation sites excluding steroid dienone is 1. The molecule has 0 radical (unpaired) electrons. The Balaban J connectivity index is 1.66. The van der Waals surface area contributed by atoms with Gasteiger partial charge in [0.15, 0.2) is 0 Å². The van der Waals surface area contributed by atoms with Gasteiger partial charge < -0.3 is 34.6 Å². The number of nitrogens with one attached hydrogen (secondary N) is 2. The van der Waals surface area contributed by atoms with Gasteiger partial charge in [-0.2, -0.15) is 0 Å². The van der Waals surface area contributed by atoms with Crippen molar-refractivity contribution in [2.45, 2.75) is 90.6 Å². The highest BCUT2D eigenvalue weighted by molar-refractivity contribution is 5.95. The van der Waals surface area contributed by atoms with Crippen LogP contribution in [-0.2, 0) is 35.2 Å². The zero-order chi connectivity index (χ0) is 33.6. The molecule has 0 aromatic heterocycles. The molecule has 12 heteroatoms. The van der Waals surface area contributed by atoms with Crippen molar-refractivity contribution in [2.75, 3.05) is 26.7 Å². The minimum absolute atomic E-state index is 0.0339. The molecule has 12 nitrogen and oxygen atoms in total. The minimum Gasteiger partial charge on any atom is -0.467 e. The van der Waals surface area contributed by atoms with E-state index in [0.717, 1.165) is 12.0 Å². The fraction of sp³-hybridized carbons (Fsp3) is 0.618. The van der Waals surface area contributed by atoms with E-state index in [1.807, 2.05) is 42.5 Å². The summed E-state index contributed by atoms with van der Waals surface area (Å²) in [6.45, 7) is 9.47. The smallest absolute Gasteiger partial charge is 0.410 e. The zero-order valence-electron chi connectivity index (χ0n) is 27.7. The van der Waals surface area contributed by atoms with Gasteiger partial charge in [0.25, 0.3) is 0 Å². The number of esters is 1. The summed E-state index contributed by atoms with van der Waals surface area (Å²) < 4.78 is 16.1. The van der Waals surface area contributed by atoms with Gasteiger partial charge in [0.1, 0.15) is 30.3 Å². The molecule has 3 aliphatic rings. The SMILES string of the molecule is COC(=O)[C@@H]1CCCCC=CCN(C(=O)OCc2ccccc2)C[C@H](NC(=O)OC(C)(C)C)C(=O)N2C[C@H]3[C@@H]([C@H]2C(=O)N1)C3(C)C. The third kappa shape index (κ3) is 8.58. The average molecular weight is 641 g/mol. The summed E-state index contributed by atoms with van der Waals surface area (Å²) in [5, 5.41) is 5.53. The number of amides is 4. The Kier molecular flexibility index (Phi) is 11.0. The zero-order valence-corrected chi connectivity index (χ0v) is 27.7. The summed E-state index contributed by atoms with van der Waals surface area (Å²) in [5.41, 5.74) is -0.224. The second-order valence-electron chi connectivity index (χ2n) is 13.9. The molecule has 252 valence electrons. The van der Waals surface area contributed by atoms with Gasteiger partial charge in [-0.3, -0.25) is 9.59 Å². The maximum absolute atomic E-state index is 14.3. The summed E-state index contributed by atoms with van der Waals surface area (Å²) in [6.07, 6.45) is 4.70. The molecule has 1 saturated carbocycles. The molecule has 1 saturated heterocycles. The number of ether oxygens (including phenoxy) is 3. The molecule has 0 unspecified atom stereocenters. The van der Waals surface area contributed by atoms with Gasteiger partial charge in [0, 0.05) is 13.1 Å². The van der Waals surface area contributed by atoms with Crippen molar-refractivity contribution in [1.82, 2.24) is 20.4 Å². The van der Waals surface area contributed by atoms with Crippen LogP contribution in [0.3, 0.4) is 0 Å². The van der Waals surface area contributed by atoms with Gasteiger partial charge in [-0.25, -0.2) is 14.4 Å². The largest absolute Gasteiger partial charge is 0.467 e. The van der Waals surface area contributed by atoms with E-state index in [2.05, 4.69) is 24.5 Å². The van der Waals surface area contributed by atoms with Crippen LogP contribution in [0.2, 0.25) is 0 Å².